The summed E-state index contributed by atoms with van der Waals surface area (Å²) in [4.78, 5) is 12.7. The number of allylic oxidation sites excluding steroid dienone is 1. The van der Waals surface area contributed by atoms with Crippen LogP contribution in [0.25, 0.3) is 16.8 Å². The third-order valence-electron chi connectivity index (χ3n) is 10.3. The SMILES string of the molecule is C1=C(c2cc(C3N=C(c4ccccc4)NC(c4ccccc4)N3)ccc2-c2ccc3c(c2)Sc2ccccc2O3)NC(c2ccccc2)N=C1c1ccccc1. The fraction of sp³-hybridized carbons (Fsp3) is 0.0612. The summed E-state index contributed by atoms with van der Waals surface area (Å²) in [5.41, 5.74) is 10.5. The Hall–Kier alpha value is -6.67. The number of nitrogens with zero attached hydrogens (tertiary/aromatic N) is 2. The van der Waals surface area contributed by atoms with Gasteiger partial charge in [0.05, 0.1) is 15.5 Å². The highest BCUT2D eigenvalue weighted by atomic mass is 32.2. The van der Waals surface area contributed by atoms with Crippen molar-refractivity contribution in [3.63, 3.8) is 0 Å². The van der Waals surface area contributed by atoms with Crippen molar-refractivity contribution >= 4 is 29.0 Å². The molecule has 0 aliphatic carbocycles. The highest BCUT2D eigenvalue weighted by Gasteiger charge is 2.28. The average molecular weight is 744 g/mol. The predicted octanol–water partition coefficient (Wildman–Crippen LogP) is 11.1. The van der Waals surface area contributed by atoms with Crippen LogP contribution in [0.3, 0.4) is 0 Å². The molecule has 0 radical (unpaired) electrons. The molecule has 3 heterocycles. The molecule has 56 heavy (non-hydrogen) atoms. The van der Waals surface area contributed by atoms with Gasteiger partial charge in [0.25, 0.3) is 0 Å². The van der Waals surface area contributed by atoms with Gasteiger partial charge in [0, 0.05) is 16.8 Å². The first-order valence-corrected chi connectivity index (χ1v) is 19.6. The molecule has 3 N–H and O–H groups in total. The number of ether oxygens (including phenoxy) is 1. The first-order chi connectivity index (χ1) is 27.7. The normalized spacial score (nSPS) is 18.4. The van der Waals surface area contributed by atoms with E-state index in [0.717, 1.165) is 83.0 Å². The maximum atomic E-state index is 6.34. The van der Waals surface area contributed by atoms with Crippen LogP contribution in [0.15, 0.2) is 208 Å². The van der Waals surface area contributed by atoms with Gasteiger partial charge in [-0.15, -0.1) is 0 Å². The van der Waals surface area contributed by atoms with E-state index in [4.69, 9.17) is 14.7 Å². The second-order valence-electron chi connectivity index (χ2n) is 13.9. The molecule has 7 aromatic carbocycles. The Bertz CT molecular complexity index is 2630. The van der Waals surface area contributed by atoms with Gasteiger partial charge in [0.2, 0.25) is 0 Å². The number of rotatable bonds is 7. The predicted molar refractivity (Wildman–Crippen MR) is 227 cm³/mol. The minimum Gasteiger partial charge on any atom is -0.455 e. The number of hydrogen-bond donors (Lipinski definition) is 3. The highest BCUT2D eigenvalue weighted by molar-refractivity contribution is 7.99. The van der Waals surface area contributed by atoms with Crippen molar-refractivity contribution in [2.75, 3.05) is 0 Å². The van der Waals surface area contributed by atoms with Crippen molar-refractivity contribution in [3.8, 4) is 22.6 Å². The van der Waals surface area contributed by atoms with Crippen LogP contribution in [0.1, 0.15) is 51.9 Å². The maximum absolute atomic E-state index is 6.34. The summed E-state index contributed by atoms with van der Waals surface area (Å²) >= 11 is 1.74. The summed E-state index contributed by atoms with van der Waals surface area (Å²) in [5, 5.41) is 11.3. The molecule has 0 spiro atoms. The van der Waals surface area contributed by atoms with E-state index in [0.29, 0.717) is 0 Å². The van der Waals surface area contributed by atoms with Crippen LogP contribution in [-0.4, -0.2) is 11.5 Å². The van der Waals surface area contributed by atoms with Gasteiger partial charge in [-0.05, 0) is 69.8 Å². The summed E-state index contributed by atoms with van der Waals surface area (Å²) in [5.74, 6) is 2.60. The number of aliphatic imine (C=N–C) groups is 2. The number of nitrogens with one attached hydrogen (secondary N) is 3. The van der Waals surface area contributed by atoms with Crippen molar-refractivity contribution in [2.24, 2.45) is 9.98 Å². The van der Waals surface area contributed by atoms with E-state index in [2.05, 4.69) is 168 Å². The third-order valence-corrected chi connectivity index (χ3v) is 11.4. The Balaban J connectivity index is 1.12. The molecule has 0 saturated carbocycles. The molecular weight excluding hydrogens is 707 g/mol. The standard InChI is InChI=1S/C49H37N5OS/c1-5-15-32(16-6-1)40-31-41(51-46(50-40)33-17-7-2-8-18-33)39-29-37(25-27-38(39)36-26-28-43-45(30-36)56-44-24-14-13-23-42(44)55-43)49-53-47(34-19-9-3-10-20-34)52-48(54-49)35-21-11-4-12-22-35/h1-31,46-47,49,51,53H,(H,52,54). The van der Waals surface area contributed by atoms with Crippen LogP contribution in [0, 0.1) is 0 Å². The molecule has 0 bridgehead atoms. The summed E-state index contributed by atoms with van der Waals surface area (Å²) < 4.78 is 6.34. The van der Waals surface area contributed by atoms with E-state index in [1.807, 2.05) is 36.4 Å². The zero-order chi connectivity index (χ0) is 37.3. The van der Waals surface area contributed by atoms with Gasteiger partial charge < -0.3 is 15.4 Å². The molecule has 0 aromatic heterocycles. The minimum absolute atomic E-state index is 0.149. The Labute approximate surface area is 330 Å². The molecule has 270 valence electrons. The molecule has 7 aromatic rings. The Morgan fingerprint density at radius 2 is 1.12 bits per heavy atom. The molecule has 3 atom stereocenters. The molecule has 0 fully saturated rings. The molecule has 10 rings (SSSR count). The Morgan fingerprint density at radius 3 is 1.89 bits per heavy atom. The number of para-hydroxylation sites is 1. The number of amidine groups is 1. The van der Waals surface area contributed by atoms with Crippen molar-refractivity contribution in [1.29, 1.82) is 0 Å². The van der Waals surface area contributed by atoms with E-state index >= 15 is 0 Å². The summed E-state index contributed by atoms with van der Waals surface area (Å²) in [6.45, 7) is 0. The summed E-state index contributed by atoms with van der Waals surface area (Å²) in [6, 6.07) is 63.1. The molecule has 6 nitrogen and oxygen atoms in total. The lowest BCUT2D eigenvalue weighted by molar-refractivity contribution is 0.409. The molecule has 7 heteroatoms. The highest BCUT2D eigenvalue weighted by Crippen LogP contribution is 2.48. The lowest BCUT2D eigenvalue weighted by Gasteiger charge is -2.33. The van der Waals surface area contributed by atoms with Crippen LogP contribution >= 0.6 is 11.8 Å². The smallest absolute Gasteiger partial charge is 0.145 e. The van der Waals surface area contributed by atoms with Crippen LogP contribution in [-0.2, 0) is 0 Å². The molecule has 3 unspecified atom stereocenters. The van der Waals surface area contributed by atoms with Crippen molar-refractivity contribution in [3.05, 3.63) is 221 Å². The van der Waals surface area contributed by atoms with Crippen LogP contribution < -0.4 is 20.7 Å². The van der Waals surface area contributed by atoms with Crippen LogP contribution in [0.2, 0.25) is 0 Å². The summed E-state index contributed by atoms with van der Waals surface area (Å²) in [7, 11) is 0. The monoisotopic (exact) mass is 743 g/mol. The molecule has 3 aliphatic rings. The van der Waals surface area contributed by atoms with E-state index in [1.165, 1.54) is 0 Å². The van der Waals surface area contributed by atoms with Gasteiger partial charge in [-0.1, -0.05) is 163 Å². The second-order valence-corrected chi connectivity index (χ2v) is 15.0. The molecule has 3 aliphatic heterocycles. The minimum atomic E-state index is -0.329. The Morgan fingerprint density at radius 1 is 0.464 bits per heavy atom. The second kappa shape index (κ2) is 14.9. The van der Waals surface area contributed by atoms with Gasteiger partial charge in [-0.2, -0.15) is 0 Å². The van der Waals surface area contributed by atoms with Crippen LogP contribution in [0.5, 0.6) is 11.5 Å². The Kier molecular flexibility index (Phi) is 8.99. The van der Waals surface area contributed by atoms with Crippen molar-refractivity contribution in [1.82, 2.24) is 16.0 Å². The quantitative estimate of drug-likeness (QED) is 0.152. The zero-order valence-electron chi connectivity index (χ0n) is 30.3. The van der Waals surface area contributed by atoms with E-state index in [1.54, 1.807) is 11.8 Å². The van der Waals surface area contributed by atoms with Crippen molar-refractivity contribution < 1.29 is 4.74 Å². The van der Waals surface area contributed by atoms with E-state index < -0.39 is 0 Å². The number of fused-ring (bicyclic) bond motifs is 2. The zero-order valence-corrected chi connectivity index (χ0v) is 31.2. The van der Waals surface area contributed by atoms with Crippen molar-refractivity contribution in [2.45, 2.75) is 28.3 Å². The molecular formula is C49H37N5OS. The molecule has 0 saturated heterocycles. The van der Waals surface area contributed by atoms with Gasteiger partial charge in [0.15, 0.2) is 0 Å². The van der Waals surface area contributed by atoms with Gasteiger partial charge in [-0.3, -0.25) is 10.3 Å². The first kappa shape index (κ1) is 33.9. The third kappa shape index (κ3) is 6.79. The lowest BCUT2D eigenvalue weighted by Crippen LogP contribution is -2.45. The number of benzene rings is 7. The topological polar surface area (TPSA) is 70.0 Å². The van der Waals surface area contributed by atoms with E-state index in [9.17, 15) is 0 Å². The average Bonchev–Trinajstić information content (AvgIpc) is 3.29. The summed E-state index contributed by atoms with van der Waals surface area (Å²) in [6.07, 6.45) is 1.42. The maximum Gasteiger partial charge on any atom is 0.145 e. The molecule has 0 amide bonds. The van der Waals surface area contributed by atoms with E-state index in [-0.39, 0.29) is 18.5 Å². The first-order valence-electron chi connectivity index (χ1n) is 18.8. The number of hydrogen-bond acceptors (Lipinski definition) is 7. The van der Waals surface area contributed by atoms with Crippen LogP contribution in [0.4, 0.5) is 0 Å². The van der Waals surface area contributed by atoms with Gasteiger partial charge in [0.1, 0.15) is 35.8 Å². The van der Waals surface area contributed by atoms with Gasteiger partial charge in [-0.25, -0.2) is 4.99 Å². The fourth-order valence-electron chi connectivity index (χ4n) is 7.44. The van der Waals surface area contributed by atoms with Gasteiger partial charge >= 0.3 is 0 Å². The largest absolute Gasteiger partial charge is 0.455 e. The lowest BCUT2D eigenvalue weighted by atomic mass is 9.92. The fourth-order valence-corrected chi connectivity index (χ4v) is 8.43.